The summed E-state index contributed by atoms with van der Waals surface area (Å²) in [4.78, 5) is 4.32. The molecular formula is C16H19FN2. The fourth-order valence-electron chi connectivity index (χ4n) is 1.94. The van der Waals surface area contributed by atoms with Crippen LogP contribution in [0.3, 0.4) is 0 Å². The van der Waals surface area contributed by atoms with Crippen molar-refractivity contribution in [2.75, 3.05) is 0 Å². The fraction of sp³-hybridized carbons (Fsp3) is 0.312. The molecule has 2 aromatic rings. The number of hydrogen-bond acceptors (Lipinski definition) is 2. The van der Waals surface area contributed by atoms with E-state index in [1.165, 1.54) is 6.07 Å². The number of nitrogens with one attached hydrogen (secondary N) is 1. The molecular weight excluding hydrogens is 239 g/mol. The van der Waals surface area contributed by atoms with Crippen molar-refractivity contribution >= 4 is 0 Å². The van der Waals surface area contributed by atoms with E-state index in [9.17, 15) is 4.39 Å². The average Bonchev–Trinajstić information content (AvgIpc) is 2.40. The van der Waals surface area contributed by atoms with Gasteiger partial charge >= 0.3 is 0 Å². The van der Waals surface area contributed by atoms with Gasteiger partial charge in [0.2, 0.25) is 0 Å². The second-order valence-electron chi connectivity index (χ2n) is 4.95. The lowest BCUT2D eigenvalue weighted by Gasteiger charge is -2.12. The molecule has 0 fully saturated rings. The van der Waals surface area contributed by atoms with Crippen molar-refractivity contribution in [1.29, 1.82) is 0 Å². The van der Waals surface area contributed by atoms with E-state index in [4.69, 9.17) is 0 Å². The van der Waals surface area contributed by atoms with Crippen LogP contribution in [0.5, 0.6) is 0 Å². The maximum absolute atomic E-state index is 13.4. The van der Waals surface area contributed by atoms with Gasteiger partial charge in [-0.25, -0.2) is 4.39 Å². The second kappa shape index (κ2) is 6.43. The molecule has 3 heteroatoms. The first-order chi connectivity index (χ1) is 9.15. The maximum atomic E-state index is 13.4. The average molecular weight is 258 g/mol. The molecule has 0 aliphatic rings. The highest BCUT2D eigenvalue weighted by molar-refractivity contribution is 5.31. The number of rotatable bonds is 5. The zero-order valence-electron chi connectivity index (χ0n) is 11.4. The van der Waals surface area contributed by atoms with Gasteiger partial charge in [0.15, 0.2) is 0 Å². The van der Waals surface area contributed by atoms with E-state index >= 15 is 0 Å². The molecule has 1 heterocycles. The number of nitrogens with zero attached hydrogens (tertiary/aromatic N) is 1. The molecule has 1 aromatic carbocycles. The van der Waals surface area contributed by atoms with Gasteiger partial charge in [-0.1, -0.05) is 26.0 Å². The summed E-state index contributed by atoms with van der Waals surface area (Å²) in [7, 11) is 0. The normalized spacial score (nSPS) is 10.9. The predicted octanol–water partition coefficient (Wildman–Crippen LogP) is 3.31. The van der Waals surface area contributed by atoms with Crippen LogP contribution in [0.4, 0.5) is 4.39 Å². The third-order valence-electron chi connectivity index (χ3n) is 2.97. The van der Waals surface area contributed by atoms with Crippen LogP contribution in [0.15, 0.2) is 42.6 Å². The van der Waals surface area contributed by atoms with Gasteiger partial charge in [0.25, 0.3) is 0 Å². The van der Waals surface area contributed by atoms with E-state index in [1.54, 1.807) is 12.3 Å². The van der Waals surface area contributed by atoms with Crippen LogP contribution in [0.25, 0.3) is 0 Å². The van der Waals surface area contributed by atoms with Crippen LogP contribution < -0.4 is 5.32 Å². The van der Waals surface area contributed by atoms with Gasteiger partial charge in [0.1, 0.15) is 5.82 Å². The predicted molar refractivity (Wildman–Crippen MR) is 75.4 cm³/mol. The summed E-state index contributed by atoms with van der Waals surface area (Å²) >= 11 is 0. The standard InChI is InChI=1S/C16H19FN2/c1-12(2)19-11-14-9-15(17)7-6-13(14)10-16-5-3-4-8-18-16/h3-9,12,19H,10-11H2,1-2H3. The highest BCUT2D eigenvalue weighted by atomic mass is 19.1. The molecule has 2 nitrogen and oxygen atoms in total. The lowest BCUT2D eigenvalue weighted by atomic mass is 10.0. The third-order valence-corrected chi connectivity index (χ3v) is 2.97. The van der Waals surface area contributed by atoms with Crippen molar-refractivity contribution in [3.8, 4) is 0 Å². The lowest BCUT2D eigenvalue weighted by Crippen LogP contribution is -2.22. The first-order valence-corrected chi connectivity index (χ1v) is 6.56. The summed E-state index contributed by atoms with van der Waals surface area (Å²) in [5.41, 5.74) is 3.12. The molecule has 1 aromatic heterocycles. The number of hydrogen-bond donors (Lipinski definition) is 1. The molecule has 1 N–H and O–H groups in total. The molecule has 2 rings (SSSR count). The van der Waals surface area contributed by atoms with Crippen molar-refractivity contribution < 1.29 is 4.39 Å². The van der Waals surface area contributed by atoms with Gasteiger partial charge in [0.05, 0.1) is 0 Å². The largest absolute Gasteiger partial charge is 0.310 e. The Balaban J connectivity index is 2.19. The minimum Gasteiger partial charge on any atom is -0.310 e. The molecule has 0 atom stereocenters. The Labute approximate surface area is 113 Å². The van der Waals surface area contributed by atoms with Gasteiger partial charge in [-0.2, -0.15) is 0 Å². The number of pyridine rings is 1. The van der Waals surface area contributed by atoms with Gasteiger partial charge in [-0.3, -0.25) is 4.98 Å². The van der Waals surface area contributed by atoms with E-state index in [2.05, 4.69) is 24.1 Å². The smallest absolute Gasteiger partial charge is 0.123 e. The summed E-state index contributed by atoms with van der Waals surface area (Å²) in [5.74, 6) is -0.190. The quantitative estimate of drug-likeness (QED) is 0.890. The van der Waals surface area contributed by atoms with E-state index in [-0.39, 0.29) is 5.82 Å². The Bertz CT molecular complexity index is 524. The lowest BCUT2D eigenvalue weighted by molar-refractivity contribution is 0.579. The number of halogens is 1. The molecule has 0 radical (unpaired) electrons. The highest BCUT2D eigenvalue weighted by Gasteiger charge is 2.06. The van der Waals surface area contributed by atoms with E-state index < -0.39 is 0 Å². The van der Waals surface area contributed by atoms with Gasteiger partial charge in [-0.15, -0.1) is 0 Å². The van der Waals surface area contributed by atoms with E-state index in [0.29, 0.717) is 12.6 Å². The maximum Gasteiger partial charge on any atom is 0.123 e. The number of aromatic nitrogens is 1. The van der Waals surface area contributed by atoms with E-state index in [1.807, 2.05) is 24.3 Å². The first kappa shape index (κ1) is 13.7. The Morgan fingerprint density at radius 2 is 2.00 bits per heavy atom. The van der Waals surface area contributed by atoms with Crippen LogP contribution >= 0.6 is 0 Å². The fourth-order valence-corrected chi connectivity index (χ4v) is 1.94. The minimum atomic E-state index is -0.190. The zero-order chi connectivity index (χ0) is 13.7. The van der Waals surface area contributed by atoms with Crippen molar-refractivity contribution in [2.45, 2.75) is 32.9 Å². The Morgan fingerprint density at radius 3 is 2.68 bits per heavy atom. The van der Waals surface area contributed by atoms with Crippen LogP contribution in [0.1, 0.15) is 30.7 Å². The van der Waals surface area contributed by atoms with Crippen LogP contribution in [-0.2, 0) is 13.0 Å². The summed E-state index contributed by atoms with van der Waals surface area (Å²) in [6, 6.07) is 11.2. The van der Waals surface area contributed by atoms with Crippen molar-refractivity contribution in [1.82, 2.24) is 10.3 Å². The SMILES string of the molecule is CC(C)NCc1cc(F)ccc1Cc1ccccn1. The third kappa shape index (κ3) is 4.14. The van der Waals surface area contributed by atoms with Gasteiger partial charge in [-0.05, 0) is 35.4 Å². The van der Waals surface area contributed by atoms with Crippen LogP contribution in [0.2, 0.25) is 0 Å². The molecule has 0 aliphatic heterocycles. The molecule has 0 bridgehead atoms. The molecule has 0 saturated carbocycles. The molecule has 100 valence electrons. The Kier molecular flexibility index (Phi) is 4.63. The molecule has 0 spiro atoms. The molecule has 0 amide bonds. The molecule has 0 unspecified atom stereocenters. The Hall–Kier alpha value is -1.74. The highest BCUT2D eigenvalue weighted by Crippen LogP contribution is 2.15. The summed E-state index contributed by atoms with van der Waals surface area (Å²) < 4.78 is 13.4. The number of benzene rings is 1. The summed E-state index contributed by atoms with van der Waals surface area (Å²) in [5, 5.41) is 3.33. The molecule has 0 aliphatic carbocycles. The summed E-state index contributed by atoms with van der Waals surface area (Å²) in [6.45, 7) is 4.84. The molecule has 19 heavy (non-hydrogen) atoms. The van der Waals surface area contributed by atoms with Crippen molar-refractivity contribution in [3.05, 3.63) is 65.2 Å². The van der Waals surface area contributed by atoms with Crippen LogP contribution in [-0.4, -0.2) is 11.0 Å². The molecule has 0 saturated heterocycles. The van der Waals surface area contributed by atoms with E-state index in [0.717, 1.165) is 23.2 Å². The second-order valence-corrected chi connectivity index (χ2v) is 4.95. The van der Waals surface area contributed by atoms with Crippen molar-refractivity contribution in [2.24, 2.45) is 0 Å². The topological polar surface area (TPSA) is 24.9 Å². The van der Waals surface area contributed by atoms with Crippen LogP contribution in [0, 0.1) is 5.82 Å². The van der Waals surface area contributed by atoms with Crippen molar-refractivity contribution in [3.63, 3.8) is 0 Å². The zero-order valence-corrected chi connectivity index (χ0v) is 11.4. The van der Waals surface area contributed by atoms with Gasteiger partial charge in [0, 0.05) is 30.9 Å². The minimum absolute atomic E-state index is 0.190. The first-order valence-electron chi connectivity index (χ1n) is 6.56. The summed E-state index contributed by atoms with van der Waals surface area (Å²) in [6.07, 6.45) is 2.52. The van der Waals surface area contributed by atoms with Gasteiger partial charge < -0.3 is 5.32 Å². The monoisotopic (exact) mass is 258 g/mol. The Morgan fingerprint density at radius 1 is 1.16 bits per heavy atom.